The summed E-state index contributed by atoms with van der Waals surface area (Å²) in [6.45, 7) is 1.68. The highest BCUT2D eigenvalue weighted by Crippen LogP contribution is 2.17. The quantitative estimate of drug-likeness (QED) is 0.749. The lowest BCUT2D eigenvalue weighted by molar-refractivity contribution is 0.275. The molecule has 0 heterocycles. The van der Waals surface area contributed by atoms with Crippen molar-refractivity contribution in [1.29, 1.82) is 0 Å². The lowest BCUT2D eigenvalue weighted by Crippen LogP contribution is -2.09. The van der Waals surface area contributed by atoms with Gasteiger partial charge in [-0.05, 0) is 18.1 Å². The third-order valence-corrected chi connectivity index (χ3v) is 2.12. The molecular weight excluding hydrogens is 169 g/mol. The molecule has 2 nitrogen and oxygen atoms in total. The van der Waals surface area contributed by atoms with Crippen molar-refractivity contribution in [2.24, 2.45) is 5.73 Å². The minimum absolute atomic E-state index is 0.123. The second-order valence-corrected chi connectivity index (χ2v) is 3.02. The molecule has 0 bridgehead atoms. The average molecular weight is 183 g/mol. The van der Waals surface area contributed by atoms with E-state index < -0.39 is 0 Å². The number of aliphatic hydroxyl groups excluding tert-OH is 1. The van der Waals surface area contributed by atoms with Gasteiger partial charge in [0.25, 0.3) is 0 Å². The summed E-state index contributed by atoms with van der Waals surface area (Å²) in [7, 11) is 0. The number of hydrogen-bond donors (Lipinski definition) is 2. The van der Waals surface area contributed by atoms with Crippen LogP contribution in [-0.4, -0.2) is 5.11 Å². The van der Waals surface area contributed by atoms with Gasteiger partial charge in [-0.1, -0.05) is 19.1 Å². The molecule has 1 aromatic rings. The molecule has 1 aromatic carbocycles. The van der Waals surface area contributed by atoms with Gasteiger partial charge in [0, 0.05) is 11.6 Å². The van der Waals surface area contributed by atoms with E-state index in [1.54, 1.807) is 12.1 Å². The molecule has 0 spiro atoms. The Morgan fingerprint density at radius 3 is 2.69 bits per heavy atom. The van der Waals surface area contributed by atoms with Crippen LogP contribution in [0.2, 0.25) is 0 Å². The Hall–Kier alpha value is -0.930. The van der Waals surface area contributed by atoms with Gasteiger partial charge >= 0.3 is 0 Å². The fourth-order valence-electron chi connectivity index (χ4n) is 1.16. The van der Waals surface area contributed by atoms with Crippen LogP contribution in [0.5, 0.6) is 0 Å². The highest BCUT2D eigenvalue weighted by Gasteiger charge is 2.06. The van der Waals surface area contributed by atoms with Crippen LogP contribution < -0.4 is 5.73 Å². The van der Waals surface area contributed by atoms with Gasteiger partial charge in [-0.15, -0.1) is 0 Å². The van der Waals surface area contributed by atoms with Crippen LogP contribution in [0.1, 0.15) is 30.5 Å². The van der Waals surface area contributed by atoms with Gasteiger partial charge in [-0.25, -0.2) is 4.39 Å². The van der Waals surface area contributed by atoms with Gasteiger partial charge in [-0.2, -0.15) is 0 Å². The highest BCUT2D eigenvalue weighted by atomic mass is 19.1. The molecule has 72 valence electrons. The number of aliphatic hydroxyl groups is 1. The van der Waals surface area contributed by atoms with Crippen molar-refractivity contribution in [2.45, 2.75) is 26.0 Å². The van der Waals surface area contributed by atoms with Crippen molar-refractivity contribution in [3.8, 4) is 0 Å². The van der Waals surface area contributed by atoms with Gasteiger partial charge in [0.1, 0.15) is 5.82 Å². The van der Waals surface area contributed by atoms with Crippen LogP contribution in [0.15, 0.2) is 18.2 Å². The van der Waals surface area contributed by atoms with E-state index in [9.17, 15) is 4.39 Å². The molecule has 1 unspecified atom stereocenters. The molecule has 0 aliphatic rings. The maximum atomic E-state index is 13.1. The Morgan fingerprint density at radius 2 is 2.23 bits per heavy atom. The molecular formula is C10H14FNO. The number of hydrogen-bond acceptors (Lipinski definition) is 2. The lowest BCUT2D eigenvalue weighted by Gasteiger charge is -2.09. The Labute approximate surface area is 77.2 Å². The van der Waals surface area contributed by atoms with Crippen molar-refractivity contribution in [3.63, 3.8) is 0 Å². The number of nitrogens with two attached hydrogens (primary N) is 1. The Kier molecular flexibility index (Phi) is 3.39. The molecule has 0 amide bonds. The zero-order valence-electron chi connectivity index (χ0n) is 7.63. The van der Waals surface area contributed by atoms with Crippen LogP contribution in [0, 0.1) is 5.82 Å². The fraction of sp³-hybridized carbons (Fsp3) is 0.400. The monoisotopic (exact) mass is 183 g/mol. The Balaban J connectivity index is 2.95. The van der Waals surface area contributed by atoms with Crippen molar-refractivity contribution < 1.29 is 9.50 Å². The van der Waals surface area contributed by atoms with Crippen LogP contribution in [0.3, 0.4) is 0 Å². The van der Waals surface area contributed by atoms with E-state index in [1.807, 2.05) is 6.92 Å². The summed E-state index contributed by atoms with van der Waals surface area (Å²) in [4.78, 5) is 0. The summed E-state index contributed by atoms with van der Waals surface area (Å²) >= 11 is 0. The summed E-state index contributed by atoms with van der Waals surface area (Å²) in [6, 6.07) is 4.59. The largest absolute Gasteiger partial charge is 0.392 e. The van der Waals surface area contributed by atoms with E-state index in [2.05, 4.69) is 0 Å². The fourth-order valence-corrected chi connectivity index (χ4v) is 1.16. The molecule has 0 aliphatic carbocycles. The Bertz CT molecular complexity index is 288. The summed E-state index contributed by atoms with van der Waals surface area (Å²) in [5.41, 5.74) is 6.81. The molecule has 3 heteroatoms. The first-order chi connectivity index (χ1) is 6.19. The SMILES string of the molecule is CCC(N)c1ccc(CO)c(F)c1. The molecule has 0 aromatic heterocycles. The van der Waals surface area contributed by atoms with Gasteiger partial charge in [0.05, 0.1) is 6.61 Å². The summed E-state index contributed by atoms with van der Waals surface area (Å²) in [5.74, 6) is -0.385. The second-order valence-electron chi connectivity index (χ2n) is 3.02. The topological polar surface area (TPSA) is 46.2 Å². The van der Waals surface area contributed by atoms with E-state index in [0.29, 0.717) is 5.56 Å². The van der Waals surface area contributed by atoms with Crippen molar-refractivity contribution in [2.75, 3.05) is 0 Å². The first-order valence-electron chi connectivity index (χ1n) is 4.33. The number of benzene rings is 1. The van der Waals surface area contributed by atoms with E-state index in [1.165, 1.54) is 6.07 Å². The summed E-state index contributed by atoms with van der Waals surface area (Å²) < 4.78 is 13.1. The van der Waals surface area contributed by atoms with Crippen LogP contribution in [0.4, 0.5) is 4.39 Å². The van der Waals surface area contributed by atoms with Crippen LogP contribution in [0.25, 0.3) is 0 Å². The maximum Gasteiger partial charge on any atom is 0.129 e. The molecule has 0 saturated heterocycles. The maximum absolute atomic E-state index is 13.1. The smallest absolute Gasteiger partial charge is 0.129 e. The van der Waals surface area contributed by atoms with Crippen molar-refractivity contribution in [3.05, 3.63) is 35.1 Å². The molecule has 1 atom stereocenters. The van der Waals surface area contributed by atoms with Crippen LogP contribution >= 0.6 is 0 Å². The first kappa shape index (κ1) is 10.2. The Morgan fingerprint density at radius 1 is 1.54 bits per heavy atom. The molecule has 0 fully saturated rings. The third-order valence-electron chi connectivity index (χ3n) is 2.12. The van der Waals surface area contributed by atoms with Crippen LogP contribution in [-0.2, 0) is 6.61 Å². The summed E-state index contributed by atoms with van der Waals surface area (Å²) in [6.07, 6.45) is 0.776. The molecule has 3 N–H and O–H groups in total. The highest BCUT2D eigenvalue weighted by molar-refractivity contribution is 5.25. The number of halogens is 1. The van der Waals surface area contributed by atoms with E-state index in [0.717, 1.165) is 12.0 Å². The standard InChI is InChI=1S/C10H14FNO/c1-2-10(12)7-3-4-8(6-13)9(11)5-7/h3-5,10,13H,2,6,12H2,1H3. The molecule has 1 rings (SSSR count). The second kappa shape index (κ2) is 4.35. The predicted molar refractivity (Wildman–Crippen MR) is 49.5 cm³/mol. The summed E-state index contributed by atoms with van der Waals surface area (Å²) in [5, 5.41) is 8.73. The van der Waals surface area contributed by atoms with Gasteiger partial charge in [-0.3, -0.25) is 0 Å². The molecule has 0 radical (unpaired) electrons. The number of rotatable bonds is 3. The minimum Gasteiger partial charge on any atom is -0.392 e. The predicted octanol–water partition coefficient (Wildman–Crippen LogP) is 1.73. The first-order valence-corrected chi connectivity index (χ1v) is 4.33. The molecule has 0 saturated carbocycles. The minimum atomic E-state index is -0.385. The molecule has 0 aliphatic heterocycles. The van der Waals surface area contributed by atoms with Gasteiger partial charge in [0.15, 0.2) is 0 Å². The normalized spacial score (nSPS) is 12.9. The van der Waals surface area contributed by atoms with Crippen molar-refractivity contribution >= 4 is 0 Å². The average Bonchev–Trinajstić information content (AvgIpc) is 2.16. The lowest BCUT2D eigenvalue weighted by atomic mass is 10.0. The third kappa shape index (κ3) is 2.26. The van der Waals surface area contributed by atoms with Crippen molar-refractivity contribution in [1.82, 2.24) is 0 Å². The molecule has 13 heavy (non-hydrogen) atoms. The zero-order chi connectivity index (χ0) is 9.84. The van der Waals surface area contributed by atoms with E-state index >= 15 is 0 Å². The van der Waals surface area contributed by atoms with E-state index in [4.69, 9.17) is 10.8 Å². The van der Waals surface area contributed by atoms with Gasteiger partial charge in [0.2, 0.25) is 0 Å². The van der Waals surface area contributed by atoms with Gasteiger partial charge < -0.3 is 10.8 Å². The van der Waals surface area contributed by atoms with E-state index in [-0.39, 0.29) is 18.5 Å². The zero-order valence-corrected chi connectivity index (χ0v) is 7.63.